The summed E-state index contributed by atoms with van der Waals surface area (Å²) in [6.07, 6.45) is -0.862. The van der Waals surface area contributed by atoms with E-state index in [1.54, 1.807) is 35.7 Å². The summed E-state index contributed by atoms with van der Waals surface area (Å²) in [7, 11) is -3.94. The number of nitrogens with one attached hydrogen (secondary N) is 1. The predicted molar refractivity (Wildman–Crippen MR) is 114 cm³/mol. The first kappa shape index (κ1) is 21.9. The molecule has 3 rings (SSSR count). The summed E-state index contributed by atoms with van der Waals surface area (Å²) in [5.41, 5.74) is 5.84. The Morgan fingerprint density at radius 1 is 1.24 bits per heavy atom. The number of hydrogen-bond acceptors (Lipinski definition) is 6. The second-order valence-corrected chi connectivity index (χ2v) is 10.3. The number of benzene rings is 1. The van der Waals surface area contributed by atoms with Crippen molar-refractivity contribution < 1.29 is 18.0 Å². The van der Waals surface area contributed by atoms with Gasteiger partial charge in [-0.2, -0.15) is 4.31 Å². The third-order valence-electron chi connectivity index (χ3n) is 4.41. The van der Waals surface area contributed by atoms with Crippen LogP contribution in [0.3, 0.4) is 0 Å². The quantitative estimate of drug-likeness (QED) is 0.622. The normalized spacial score (nSPS) is 17.9. The molecule has 29 heavy (non-hydrogen) atoms. The minimum Gasteiger partial charge on any atom is -0.352 e. The Morgan fingerprint density at radius 2 is 2.03 bits per heavy atom. The molecule has 0 bridgehead atoms. The maximum atomic E-state index is 13.2. The van der Waals surface area contributed by atoms with Crippen LogP contribution >= 0.6 is 27.3 Å². The SMILES string of the molecule is NCCNC(=O)C1N(C(=O)c2cccc(Br)c2)CCCN1S(=O)(=O)c1cccs1. The average Bonchev–Trinajstić information content (AvgIpc) is 3.26. The number of nitrogens with two attached hydrogens (primary N) is 1. The fourth-order valence-electron chi connectivity index (χ4n) is 3.13. The van der Waals surface area contributed by atoms with Gasteiger partial charge in [-0.3, -0.25) is 9.59 Å². The van der Waals surface area contributed by atoms with Crippen molar-refractivity contribution in [1.82, 2.24) is 14.5 Å². The Bertz CT molecular complexity index is 982. The first-order chi connectivity index (χ1) is 13.9. The average molecular weight is 501 g/mol. The van der Waals surface area contributed by atoms with Gasteiger partial charge in [0.05, 0.1) is 0 Å². The number of sulfonamides is 1. The van der Waals surface area contributed by atoms with Gasteiger partial charge in [-0.1, -0.05) is 28.1 Å². The van der Waals surface area contributed by atoms with Crippen LogP contribution in [0.5, 0.6) is 0 Å². The van der Waals surface area contributed by atoms with Gasteiger partial charge >= 0.3 is 0 Å². The zero-order valence-corrected chi connectivity index (χ0v) is 18.7. The minimum atomic E-state index is -3.94. The van der Waals surface area contributed by atoms with Crippen molar-refractivity contribution in [3.8, 4) is 0 Å². The fraction of sp³-hybridized carbons (Fsp3) is 0.333. The molecule has 11 heteroatoms. The van der Waals surface area contributed by atoms with Gasteiger partial charge in [0, 0.05) is 36.2 Å². The Kier molecular flexibility index (Phi) is 7.06. The van der Waals surface area contributed by atoms with Gasteiger partial charge in [-0.05, 0) is 36.1 Å². The molecule has 1 aromatic carbocycles. The minimum absolute atomic E-state index is 0.130. The summed E-state index contributed by atoms with van der Waals surface area (Å²) in [6.45, 7) is 0.794. The zero-order valence-electron chi connectivity index (χ0n) is 15.5. The Hall–Kier alpha value is -1.79. The van der Waals surface area contributed by atoms with E-state index in [4.69, 9.17) is 5.73 Å². The lowest BCUT2D eigenvalue weighted by atomic mass is 10.1. The number of amides is 2. The fourth-order valence-corrected chi connectivity index (χ4v) is 6.24. The number of rotatable bonds is 6. The molecule has 2 heterocycles. The van der Waals surface area contributed by atoms with Crippen molar-refractivity contribution in [2.24, 2.45) is 5.73 Å². The smallest absolute Gasteiger partial charge is 0.259 e. The molecule has 1 fully saturated rings. The molecule has 0 aliphatic carbocycles. The first-order valence-electron chi connectivity index (χ1n) is 8.96. The maximum absolute atomic E-state index is 13.2. The predicted octanol–water partition coefficient (Wildman–Crippen LogP) is 1.45. The summed E-state index contributed by atoms with van der Waals surface area (Å²) >= 11 is 4.41. The molecule has 1 unspecified atom stereocenters. The molecule has 2 amide bonds. The van der Waals surface area contributed by atoms with Gasteiger partial charge in [0.1, 0.15) is 4.21 Å². The molecule has 0 saturated carbocycles. The Labute approximate surface area is 181 Å². The molecular formula is C18H21BrN4O4S2. The van der Waals surface area contributed by atoms with Crippen LogP contribution in [0, 0.1) is 0 Å². The van der Waals surface area contributed by atoms with E-state index < -0.39 is 28.0 Å². The van der Waals surface area contributed by atoms with E-state index in [0.29, 0.717) is 16.5 Å². The highest BCUT2D eigenvalue weighted by atomic mass is 79.9. The number of carbonyl (C=O) groups is 2. The molecule has 2 aromatic rings. The van der Waals surface area contributed by atoms with Crippen molar-refractivity contribution in [1.29, 1.82) is 0 Å². The van der Waals surface area contributed by atoms with Crippen LogP contribution in [0.25, 0.3) is 0 Å². The number of hydrogen-bond donors (Lipinski definition) is 2. The van der Waals surface area contributed by atoms with Crippen molar-refractivity contribution in [3.63, 3.8) is 0 Å². The molecular weight excluding hydrogens is 480 g/mol. The second-order valence-electron chi connectivity index (χ2n) is 6.36. The van der Waals surface area contributed by atoms with Crippen molar-refractivity contribution in [2.45, 2.75) is 16.8 Å². The Morgan fingerprint density at radius 3 is 2.69 bits per heavy atom. The van der Waals surface area contributed by atoms with Gasteiger partial charge in [-0.15, -0.1) is 11.3 Å². The summed E-state index contributed by atoms with van der Waals surface area (Å²) < 4.78 is 28.3. The van der Waals surface area contributed by atoms with E-state index in [1.165, 1.54) is 11.0 Å². The van der Waals surface area contributed by atoms with Gasteiger partial charge in [-0.25, -0.2) is 8.42 Å². The highest BCUT2D eigenvalue weighted by Crippen LogP contribution is 2.28. The first-order valence-corrected chi connectivity index (χ1v) is 12.1. The summed E-state index contributed by atoms with van der Waals surface area (Å²) in [4.78, 5) is 27.4. The van der Waals surface area contributed by atoms with Crippen LogP contribution in [-0.2, 0) is 14.8 Å². The van der Waals surface area contributed by atoms with E-state index in [-0.39, 0.29) is 30.4 Å². The van der Waals surface area contributed by atoms with E-state index in [2.05, 4.69) is 21.2 Å². The van der Waals surface area contributed by atoms with Crippen LogP contribution in [0.15, 0.2) is 50.5 Å². The molecule has 1 aromatic heterocycles. The molecule has 1 atom stereocenters. The van der Waals surface area contributed by atoms with E-state index >= 15 is 0 Å². The van der Waals surface area contributed by atoms with Gasteiger partial charge in [0.15, 0.2) is 6.17 Å². The topological polar surface area (TPSA) is 113 Å². The third kappa shape index (κ3) is 4.69. The third-order valence-corrected chi connectivity index (χ3v) is 8.13. The van der Waals surface area contributed by atoms with Crippen molar-refractivity contribution >= 4 is 49.1 Å². The summed E-state index contributed by atoms with van der Waals surface area (Å²) in [6, 6.07) is 9.90. The molecule has 1 aliphatic rings. The number of carbonyl (C=O) groups excluding carboxylic acids is 2. The number of halogens is 1. The monoisotopic (exact) mass is 500 g/mol. The lowest BCUT2D eigenvalue weighted by Crippen LogP contribution is -2.63. The van der Waals surface area contributed by atoms with Gasteiger partial charge in [0.2, 0.25) is 0 Å². The van der Waals surface area contributed by atoms with Crippen molar-refractivity contribution in [2.75, 3.05) is 26.2 Å². The molecule has 3 N–H and O–H groups in total. The van der Waals surface area contributed by atoms with Crippen LogP contribution in [-0.4, -0.2) is 61.8 Å². The van der Waals surface area contributed by atoms with Gasteiger partial charge in [0.25, 0.3) is 21.8 Å². The molecule has 1 aliphatic heterocycles. The standard InChI is InChI=1S/C18H21BrN4O4S2/c19-14-5-1-4-13(12-14)18(25)22-9-3-10-23(17(22)16(24)21-8-7-20)29(26,27)15-6-2-11-28-15/h1-2,4-6,11-12,17H,3,7-10,20H2,(H,21,24). The highest BCUT2D eigenvalue weighted by molar-refractivity contribution is 9.10. The second kappa shape index (κ2) is 9.35. The summed E-state index contributed by atoms with van der Waals surface area (Å²) in [5.74, 6) is -0.982. The Balaban J connectivity index is 2.00. The summed E-state index contributed by atoms with van der Waals surface area (Å²) in [5, 5.41) is 4.28. The molecule has 0 spiro atoms. The number of nitrogens with zero attached hydrogens (tertiary/aromatic N) is 2. The lowest BCUT2D eigenvalue weighted by molar-refractivity contribution is -0.130. The highest BCUT2D eigenvalue weighted by Gasteiger charge is 2.44. The van der Waals surface area contributed by atoms with E-state index in [9.17, 15) is 18.0 Å². The molecule has 1 saturated heterocycles. The molecule has 8 nitrogen and oxygen atoms in total. The van der Waals surface area contributed by atoms with Crippen molar-refractivity contribution in [3.05, 3.63) is 51.8 Å². The zero-order chi connectivity index (χ0) is 21.0. The van der Waals surface area contributed by atoms with Gasteiger partial charge < -0.3 is 16.0 Å². The van der Waals surface area contributed by atoms with Crippen LogP contribution < -0.4 is 11.1 Å². The van der Waals surface area contributed by atoms with Crippen LogP contribution in [0.2, 0.25) is 0 Å². The van der Waals surface area contributed by atoms with E-state index in [0.717, 1.165) is 15.6 Å². The molecule has 0 radical (unpaired) electrons. The molecule has 156 valence electrons. The number of thiophene rings is 1. The van der Waals surface area contributed by atoms with Crippen LogP contribution in [0.1, 0.15) is 16.8 Å². The van der Waals surface area contributed by atoms with Crippen LogP contribution in [0.4, 0.5) is 0 Å². The lowest BCUT2D eigenvalue weighted by Gasteiger charge is -2.41. The van der Waals surface area contributed by atoms with E-state index in [1.807, 2.05) is 0 Å². The maximum Gasteiger partial charge on any atom is 0.259 e. The largest absolute Gasteiger partial charge is 0.352 e.